The van der Waals surface area contributed by atoms with E-state index in [4.69, 9.17) is 0 Å². The van der Waals surface area contributed by atoms with Gasteiger partial charge in [-0.25, -0.2) is 0 Å². The van der Waals surface area contributed by atoms with E-state index in [-0.39, 0.29) is 0 Å². The van der Waals surface area contributed by atoms with Gasteiger partial charge in [-0.3, -0.25) is 0 Å². The summed E-state index contributed by atoms with van der Waals surface area (Å²) < 4.78 is 0. The summed E-state index contributed by atoms with van der Waals surface area (Å²) in [5, 5.41) is 0. The quantitative estimate of drug-likeness (QED) is 0.574. The Morgan fingerprint density at radius 1 is 1.43 bits per heavy atom. The second-order valence-corrected chi connectivity index (χ2v) is 5.09. The summed E-state index contributed by atoms with van der Waals surface area (Å²) in [6, 6.07) is 0. The number of rotatable bonds is 3. The van der Waals surface area contributed by atoms with Crippen LogP contribution in [0, 0.1) is 17.8 Å². The maximum Gasteiger partial charge on any atom is -0.0111 e. The molecule has 0 heterocycles. The fraction of sp³-hybridized carbons (Fsp3) is 0.714. The van der Waals surface area contributed by atoms with Crippen molar-refractivity contribution in [3.63, 3.8) is 0 Å². The van der Waals surface area contributed by atoms with Gasteiger partial charge in [0.25, 0.3) is 0 Å². The summed E-state index contributed by atoms with van der Waals surface area (Å²) in [6.45, 7) is 15.3. The molecular formula is C14H24. The minimum absolute atomic E-state index is 0.703. The molecule has 1 fully saturated rings. The summed E-state index contributed by atoms with van der Waals surface area (Å²) in [5.41, 5.74) is 2.79. The molecule has 0 spiro atoms. The summed E-state index contributed by atoms with van der Waals surface area (Å²) in [6.07, 6.45) is 4.93. The molecule has 0 heteroatoms. The lowest BCUT2D eigenvalue weighted by molar-refractivity contribution is 0.293. The molecule has 1 aliphatic rings. The highest BCUT2D eigenvalue weighted by atomic mass is 14.3. The van der Waals surface area contributed by atoms with E-state index in [0.717, 1.165) is 18.3 Å². The second kappa shape index (κ2) is 4.82. The summed E-state index contributed by atoms with van der Waals surface area (Å²) in [5.74, 6) is 2.36. The van der Waals surface area contributed by atoms with Gasteiger partial charge in [-0.1, -0.05) is 51.5 Å². The lowest BCUT2D eigenvalue weighted by Gasteiger charge is -2.33. The van der Waals surface area contributed by atoms with Crippen LogP contribution in [0.1, 0.15) is 46.5 Å². The molecule has 1 aliphatic carbocycles. The molecule has 0 aromatic rings. The van der Waals surface area contributed by atoms with E-state index in [1.807, 2.05) is 0 Å². The van der Waals surface area contributed by atoms with Crippen molar-refractivity contribution in [2.75, 3.05) is 0 Å². The Bertz CT molecular complexity index is 224. The molecule has 0 nitrogen and oxygen atoms in total. The van der Waals surface area contributed by atoms with Crippen molar-refractivity contribution in [1.29, 1.82) is 0 Å². The molecular weight excluding hydrogens is 168 g/mol. The first kappa shape index (κ1) is 11.6. The van der Waals surface area contributed by atoms with Crippen molar-refractivity contribution in [2.45, 2.75) is 46.5 Å². The van der Waals surface area contributed by atoms with Crippen molar-refractivity contribution in [2.24, 2.45) is 17.8 Å². The summed E-state index contributed by atoms with van der Waals surface area (Å²) >= 11 is 0. The zero-order valence-electron chi connectivity index (χ0n) is 9.97. The molecule has 0 aliphatic heterocycles. The first-order valence-corrected chi connectivity index (χ1v) is 5.88. The van der Waals surface area contributed by atoms with Gasteiger partial charge in [0.1, 0.15) is 0 Å². The fourth-order valence-corrected chi connectivity index (χ4v) is 2.41. The highest BCUT2D eigenvalue weighted by Crippen LogP contribution is 2.39. The molecule has 0 N–H and O–H groups in total. The van der Waals surface area contributed by atoms with Crippen LogP contribution in [0.2, 0.25) is 0 Å². The van der Waals surface area contributed by atoms with Gasteiger partial charge in [0.2, 0.25) is 0 Å². The Morgan fingerprint density at radius 2 is 2.07 bits per heavy atom. The third-order valence-electron chi connectivity index (χ3n) is 3.78. The van der Waals surface area contributed by atoms with Crippen molar-refractivity contribution >= 4 is 0 Å². The molecule has 1 rings (SSSR count). The molecule has 0 amide bonds. The SMILES string of the molecule is C=C1CC(=C)C(C)C(CC(C)CC)C1. The average Bonchev–Trinajstić information content (AvgIpc) is 2.13. The normalized spacial score (nSPS) is 30.5. The first-order valence-electron chi connectivity index (χ1n) is 5.88. The maximum atomic E-state index is 4.17. The number of hydrogen-bond donors (Lipinski definition) is 0. The molecule has 0 bridgehead atoms. The Morgan fingerprint density at radius 3 is 2.64 bits per heavy atom. The van der Waals surface area contributed by atoms with E-state index < -0.39 is 0 Å². The minimum atomic E-state index is 0.703. The largest absolute Gasteiger partial charge is 0.0995 e. The van der Waals surface area contributed by atoms with Gasteiger partial charge in [-0.2, -0.15) is 0 Å². The van der Waals surface area contributed by atoms with Gasteiger partial charge >= 0.3 is 0 Å². The van der Waals surface area contributed by atoms with E-state index in [1.165, 1.54) is 30.4 Å². The minimum Gasteiger partial charge on any atom is -0.0995 e. The van der Waals surface area contributed by atoms with E-state index in [2.05, 4.69) is 33.9 Å². The van der Waals surface area contributed by atoms with Gasteiger partial charge in [-0.05, 0) is 37.0 Å². The van der Waals surface area contributed by atoms with E-state index in [1.54, 1.807) is 0 Å². The molecule has 3 unspecified atom stereocenters. The Kier molecular flexibility index (Phi) is 3.97. The van der Waals surface area contributed by atoms with Gasteiger partial charge in [-0.15, -0.1) is 0 Å². The van der Waals surface area contributed by atoms with Crippen LogP contribution in [0.15, 0.2) is 24.3 Å². The van der Waals surface area contributed by atoms with E-state index in [9.17, 15) is 0 Å². The van der Waals surface area contributed by atoms with E-state index >= 15 is 0 Å². The van der Waals surface area contributed by atoms with Crippen molar-refractivity contribution in [3.05, 3.63) is 24.3 Å². The topological polar surface area (TPSA) is 0 Å². The summed E-state index contributed by atoms with van der Waals surface area (Å²) in [4.78, 5) is 0. The molecule has 3 atom stereocenters. The van der Waals surface area contributed by atoms with Gasteiger partial charge in [0, 0.05) is 0 Å². The number of hydrogen-bond acceptors (Lipinski definition) is 0. The average molecular weight is 192 g/mol. The van der Waals surface area contributed by atoms with Gasteiger partial charge in [0.15, 0.2) is 0 Å². The van der Waals surface area contributed by atoms with E-state index in [0.29, 0.717) is 5.92 Å². The van der Waals surface area contributed by atoms with Crippen LogP contribution < -0.4 is 0 Å². The Hall–Kier alpha value is -0.520. The standard InChI is InChI=1S/C14H24/c1-6-10(2)8-14-9-11(3)7-12(4)13(14)5/h10,13-14H,3-4,6-9H2,1-2,5H3. The van der Waals surface area contributed by atoms with Gasteiger partial charge in [0.05, 0.1) is 0 Å². The van der Waals surface area contributed by atoms with Crippen LogP contribution in [0.3, 0.4) is 0 Å². The molecule has 0 radical (unpaired) electrons. The lowest BCUT2D eigenvalue weighted by Crippen LogP contribution is -2.21. The maximum absolute atomic E-state index is 4.17. The highest BCUT2D eigenvalue weighted by Gasteiger charge is 2.26. The third kappa shape index (κ3) is 2.73. The third-order valence-corrected chi connectivity index (χ3v) is 3.78. The Balaban J connectivity index is 2.57. The molecule has 0 aromatic carbocycles. The smallest absolute Gasteiger partial charge is 0.0111 e. The van der Waals surface area contributed by atoms with Crippen molar-refractivity contribution < 1.29 is 0 Å². The number of allylic oxidation sites excluding steroid dienone is 2. The predicted octanol–water partition coefficient (Wildman–Crippen LogP) is 4.58. The van der Waals surface area contributed by atoms with Crippen molar-refractivity contribution in [3.8, 4) is 0 Å². The predicted molar refractivity (Wildman–Crippen MR) is 64.2 cm³/mol. The zero-order valence-corrected chi connectivity index (χ0v) is 9.97. The monoisotopic (exact) mass is 192 g/mol. The van der Waals surface area contributed by atoms with Crippen LogP contribution in [0.5, 0.6) is 0 Å². The van der Waals surface area contributed by atoms with Crippen LogP contribution in [-0.2, 0) is 0 Å². The van der Waals surface area contributed by atoms with Crippen LogP contribution >= 0.6 is 0 Å². The van der Waals surface area contributed by atoms with Crippen LogP contribution in [0.25, 0.3) is 0 Å². The highest BCUT2D eigenvalue weighted by molar-refractivity contribution is 5.18. The molecule has 0 saturated heterocycles. The van der Waals surface area contributed by atoms with Crippen LogP contribution in [0.4, 0.5) is 0 Å². The molecule has 0 aromatic heterocycles. The molecule has 14 heavy (non-hydrogen) atoms. The first-order chi connectivity index (χ1) is 6.54. The Labute approximate surface area is 89.1 Å². The molecule has 80 valence electrons. The van der Waals surface area contributed by atoms with Crippen LogP contribution in [-0.4, -0.2) is 0 Å². The van der Waals surface area contributed by atoms with Gasteiger partial charge < -0.3 is 0 Å². The van der Waals surface area contributed by atoms with Crippen molar-refractivity contribution in [1.82, 2.24) is 0 Å². The fourth-order valence-electron chi connectivity index (χ4n) is 2.41. The molecule has 1 saturated carbocycles. The summed E-state index contributed by atoms with van der Waals surface area (Å²) in [7, 11) is 0. The lowest BCUT2D eigenvalue weighted by atomic mass is 9.72. The zero-order chi connectivity index (χ0) is 10.7. The second-order valence-electron chi connectivity index (χ2n) is 5.09.